The third kappa shape index (κ3) is 3.74. The number of benzene rings is 2. The SMILES string of the molecule is COc1c(-c2ccc(C[C@@H]3CCC(=O)N3Cc3cscn3)cc2)oc2c(C)c(C)c(C)c(O)c12. The number of fused-ring (bicyclic) bond motifs is 1. The lowest BCUT2D eigenvalue weighted by Gasteiger charge is -2.24. The van der Waals surface area contributed by atoms with E-state index in [4.69, 9.17) is 9.15 Å². The highest BCUT2D eigenvalue weighted by Crippen LogP contribution is 2.47. The van der Waals surface area contributed by atoms with Crippen molar-refractivity contribution >= 4 is 28.2 Å². The molecule has 1 N–H and O–H groups in total. The second-order valence-electron chi connectivity index (χ2n) is 8.99. The first-order valence-corrected chi connectivity index (χ1v) is 12.4. The number of ether oxygens (including phenoxy) is 1. The molecular weight excluding hydrogens is 448 g/mol. The molecule has 3 heterocycles. The van der Waals surface area contributed by atoms with E-state index in [0.717, 1.165) is 46.4 Å². The van der Waals surface area contributed by atoms with Gasteiger partial charge in [-0.25, -0.2) is 4.98 Å². The van der Waals surface area contributed by atoms with Gasteiger partial charge >= 0.3 is 0 Å². The van der Waals surface area contributed by atoms with Crippen LogP contribution in [0.15, 0.2) is 39.6 Å². The fourth-order valence-corrected chi connectivity index (χ4v) is 5.42. The number of hydrogen-bond acceptors (Lipinski definition) is 6. The molecule has 1 aliphatic heterocycles. The van der Waals surface area contributed by atoms with Crippen LogP contribution in [0, 0.1) is 20.8 Å². The maximum atomic E-state index is 12.5. The van der Waals surface area contributed by atoms with Crippen molar-refractivity contribution in [1.82, 2.24) is 9.88 Å². The summed E-state index contributed by atoms with van der Waals surface area (Å²) in [6, 6.07) is 8.36. The second-order valence-corrected chi connectivity index (χ2v) is 9.71. The monoisotopic (exact) mass is 476 g/mol. The van der Waals surface area contributed by atoms with E-state index in [1.165, 1.54) is 0 Å². The normalized spacial score (nSPS) is 16.1. The fraction of sp³-hybridized carbons (Fsp3) is 0.333. The molecule has 0 saturated carbocycles. The van der Waals surface area contributed by atoms with Crippen molar-refractivity contribution in [1.29, 1.82) is 0 Å². The Morgan fingerprint density at radius 1 is 1.18 bits per heavy atom. The van der Waals surface area contributed by atoms with E-state index in [-0.39, 0.29) is 17.7 Å². The smallest absolute Gasteiger partial charge is 0.223 e. The molecule has 6 nitrogen and oxygen atoms in total. The molecule has 2 aromatic heterocycles. The lowest BCUT2D eigenvalue weighted by Crippen LogP contribution is -2.34. The quantitative estimate of drug-likeness (QED) is 0.373. The number of carbonyl (C=O) groups is 1. The molecule has 0 bridgehead atoms. The van der Waals surface area contributed by atoms with Crippen molar-refractivity contribution in [3.05, 3.63) is 63.1 Å². The number of carbonyl (C=O) groups excluding carboxylic acids is 1. The minimum absolute atomic E-state index is 0.173. The van der Waals surface area contributed by atoms with Crippen molar-refractivity contribution in [3.8, 4) is 22.8 Å². The molecule has 0 spiro atoms. The van der Waals surface area contributed by atoms with E-state index >= 15 is 0 Å². The van der Waals surface area contributed by atoms with E-state index in [1.807, 2.05) is 43.2 Å². The maximum Gasteiger partial charge on any atom is 0.223 e. The minimum atomic E-state index is 0.173. The molecule has 1 aliphatic rings. The molecule has 1 fully saturated rings. The van der Waals surface area contributed by atoms with Crippen LogP contribution in [0.25, 0.3) is 22.3 Å². The van der Waals surface area contributed by atoms with Crippen molar-refractivity contribution in [3.63, 3.8) is 0 Å². The lowest BCUT2D eigenvalue weighted by atomic mass is 9.99. The highest BCUT2D eigenvalue weighted by atomic mass is 32.1. The Balaban J connectivity index is 1.43. The van der Waals surface area contributed by atoms with Gasteiger partial charge < -0.3 is 19.2 Å². The van der Waals surface area contributed by atoms with Crippen LogP contribution in [-0.2, 0) is 17.8 Å². The van der Waals surface area contributed by atoms with Gasteiger partial charge in [0, 0.05) is 23.4 Å². The van der Waals surface area contributed by atoms with Gasteiger partial charge in [0.25, 0.3) is 0 Å². The Kier molecular flexibility index (Phi) is 5.81. The Bertz CT molecular complexity index is 1360. The van der Waals surface area contributed by atoms with Crippen molar-refractivity contribution in [2.24, 2.45) is 0 Å². The molecule has 2 aromatic carbocycles. The number of phenols is 1. The lowest BCUT2D eigenvalue weighted by molar-refractivity contribution is -0.129. The van der Waals surface area contributed by atoms with Crippen LogP contribution in [0.3, 0.4) is 0 Å². The molecule has 1 saturated heterocycles. The number of thiazole rings is 1. The summed E-state index contributed by atoms with van der Waals surface area (Å²) in [6.07, 6.45) is 2.25. The molecular formula is C27H28N2O4S. The summed E-state index contributed by atoms with van der Waals surface area (Å²) in [5.41, 5.74) is 8.29. The molecule has 34 heavy (non-hydrogen) atoms. The van der Waals surface area contributed by atoms with Gasteiger partial charge in [0.1, 0.15) is 16.7 Å². The summed E-state index contributed by atoms with van der Waals surface area (Å²) in [4.78, 5) is 18.8. The van der Waals surface area contributed by atoms with Gasteiger partial charge in [0.05, 0.1) is 24.9 Å². The molecule has 1 amide bonds. The van der Waals surface area contributed by atoms with Crippen molar-refractivity contribution < 1.29 is 19.1 Å². The third-order valence-electron chi connectivity index (χ3n) is 7.08. The number of phenolic OH excluding ortho intramolecular Hbond substituents is 1. The predicted molar refractivity (Wildman–Crippen MR) is 133 cm³/mol. The molecule has 176 valence electrons. The van der Waals surface area contributed by atoms with Gasteiger partial charge in [-0.3, -0.25) is 4.79 Å². The molecule has 0 unspecified atom stereocenters. The highest BCUT2D eigenvalue weighted by molar-refractivity contribution is 7.07. The van der Waals surface area contributed by atoms with E-state index in [2.05, 4.69) is 17.1 Å². The first-order chi connectivity index (χ1) is 16.4. The van der Waals surface area contributed by atoms with E-state index < -0.39 is 0 Å². The Morgan fingerprint density at radius 2 is 1.94 bits per heavy atom. The number of nitrogens with zero attached hydrogens (tertiary/aromatic N) is 2. The summed E-state index contributed by atoms with van der Waals surface area (Å²) >= 11 is 1.55. The first-order valence-electron chi connectivity index (χ1n) is 11.4. The molecule has 4 aromatic rings. The van der Waals surface area contributed by atoms with Crippen LogP contribution >= 0.6 is 11.3 Å². The molecule has 0 aliphatic carbocycles. The summed E-state index contributed by atoms with van der Waals surface area (Å²) in [5, 5.41) is 13.4. The average Bonchev–Trinajstić information content (AvgIpc) is 3.57. The largest absolute Gasteiger partial charge is 0.507 e. The van der Waals surface area contributed by atoms with E-state index in [9.17, 15) is 9.90 Å². The number of aromatic nitrogens is 1. The van der Waals surface area contributed by atoms with Crippen LogP contribution in [-0.4, -0.2) is 34.0 Å². The highest BCUT2D eigenvalue weighted by Gasteiger charge is 2.31. The minimum Gasteiger partial charge on any atom is -0.507 e. The Hall–Kier alpha value is -3.32. The number of aryl methyl sites for hydroxylation is 1. The zero-order valence-electron chi connectivity index (χ0n) is 19.8. The topological polar surface area (TPSA) is 75.8 Å². The first kappa shape index (κ1) is 22.5. The number of aromatic hydroxyl groups is 1. The molecule has 5 rings (SSSR count). The zero-order chi connectivity index (χ0) is 24.0. The fourth-order valence-electron chi connectivity index (χ4n) is 4.87. The standard InChI is InChI=1S/C27H28N2O4S/c1-15-16(2)24(31)23-25(17(15)3)33-26(27(23)32-4)19-7-5-18(6-8-19)11-21-9-10-22(30)29(21)12-20-13-34-14-28-20/h5-8,13-14,21,31H,9-12H2,1-4H3/t21-/m0/s1. The molecule has 1 atom stereocenters. The Labute approximate surface area is 202 Å². The number of furan rings is 1. The van der Waals surface area contributed by atoms with Gasteiger partial charge in [0.2, 0.25) is 5.91 Å². The summed E-state index contributed by atoms with van der Waals surface area (Å²) in [5.74, 6) is 1.55. The number of rotatable bonds is 6. The number of methoxy groups -OCH3 is 1. The van der Waals surface area contributed by atoms with Gasteiger partial charge in [-0.1, -0.05) is 24.3 Å². The summed E-state index contributed by atoms with van der Waals surface area (Å²) in [6.45, 7) is 6.46. The van der Waals surface area contributed by atoms with Crippen LogP contribution in [0.5, 0.6) is 11.5 Å². The van der Waals surface area contributed by atoms with E-state index in [1.54, 1.807) is 24.0 Å². The number of hydrogen-bond donors (Lipinski definition) is 1. The van der Waals surface area contributed by atoms with Gasteiger partial charge in [-0.15, -0.1) is 11.3 Å². The molecule has 7 heteroatoms. The van der Waals surface area contributed by atoms with E-state index in [0.29, 0.717) is 35.4 Å². The van der Waals surface area contributed by atoms with Gasteiger partial charge in [0.15, 0.2) is 11.5 Å². The third-order valence-corrected chi connectivity index (χ3v) is 7.72. The van der Waals surface area contributed by atoms with Crippen LogP contribution in [0.2, 0.25) is 0 Å². The Morgan fingerprint density at radius 3 is 2.62 bits per heavy atom. The summed E-state index contributed by atoms with van der Waals surface area (Å²) in [7, 11) is 1.60. The second kappa shape index (κ2) is 8.80. The van der Waals surface area contributed by atoms with Crippen molar-refractivity contribution in [2.75, 3.05) is 7.11 Å². The van der Waals surface area contributed by atoms with Crippen molar-refractivity contribution in [2.45, 2.75) is 52.6 Å². The predicted octanol–water partition coefficient (Wildman–Crippen LogP) is 5.93. The van der Waals surface area contributed by atoms with Gasteiger partial charge in [-0.05, 0) is 55.9 Å². The summed E-state index contributed by atoms with van der Waals surface area (Å²) < 4.78 is 11.9. The van der Waals surface area contributed by atoms with Crippen LogP contribution in [0.1, 0.15) is 40.8 Å². The van der Waals surface area contributed by atoms with Crippen LogP contribution in [0.4, 0.5) is 0 Å². The van der Waals surface area contributed by atoms with Crippen LogP contribution < -0.4 is 4.74 Å². The zero-order valence-corrected chi connectivity index (χ0v) is 20.7. The number of amides is 1. The maximum absolute atomic E-state index is 12.5. The number of likely N-dealkylation sites (tertiary alicyclic amines) is 1. The van der Waals surface area contributed by atoms with Gasteiger partial charge in [-0.2, -0.15) is 0 Å². The average molecular weight is 477 g/mol. The molecule has 0 radical (unpaired) electrons.